The molecular formula is C14H21Br2NO. The standard InChI is InChI=1S/C14H21Br2NO/c1-10(2)5-4-6-17-9-11-7-12(15)8-13(16)14(11)18-3/h7-8,10,17H,4-6,9H2,1-3H3. The SMILES string of the molecule is COc1c(Br)cc(Br)cc1CNCCCC(C)C. The summed E-state index contributed by atoms with van der Waals surface area (Å²) in [5, 5.41) is 3.46. The molecule has 0 aliphatic carbocycles. The van der Waals surface area contributed by atoms with Crippen LogP contribution in [0.5, 0.6) is 5.75 Å². The maximum atomic E-state index is 5.42. The van der Waals surface area contributed by atoms with E-state index in [0.29, 0.717) is 0 Å². The number of hydrogen-bond donors (Lipinski definition) is 1. The summed E-state index contributed by atoms with van der Waals surface area (Å²) >= 11 is 7.02. The fraction of sp³-hybridized carbons (Fsp3) is 0.571. The van der Waals surface area contributed by atoms with E-state index in [0.717, 1.165) is 33.7 Å². The summed E-state index contributed by atoms with van der Waals surface area (Å²) in [5.41, 5.74) is 1.17. The summed E-state index contributed by atoms with van der Waals surface area (Å²) in [6, 6.07) is 4.10. The van der Waals surface area contributed by atoms with Crippen molar-refractivity contribution in [3.8, 4) is 5.75 Å². The third-order valence-corrected chi connectivity index (χ3v) is 3.79. The van der Waals surface area contributed by atoms with Gasteiger partial charge in [0.2, 0.25) is 0 Å². The Hall–Kier alpha value is -0.0600. The van der Waals surface area contributed by atoms with Crippen molar-refractivity contribution in [1.29, 1.82) is 0 Å². The summed E-state index contributed by atoms with van der Waals surface area (Å²) in [5.74, 6) is 1.69. The van der Waals surface area contributed by atoms with E-state index >= 15 is 0 Å². The number of ether oxygens (including phenoxy) is 1. The number of nitrogens with one attached hydrogen (secondary N) is 1. The van der Waals surface area contributed by atoms with Gasteiger partial charge in [-0.2, -0.15) is 0 Å². The van der Waals surface area contributed by atoms with Gasteiger partial charge in [-0.15, -0.1) is 0 Å². The van der Waals surface area contributed by atoms with Crippen LogP contribution in [0.4, 0.5) is 0 Å². The van der Waals surface area contributed by atoms with Gasteiger partial charge in [-0.25, -0.2) is 0 Å². The van der Waals surface area contributed by atoms with Gasteiger partial charge in [0.25, 0.3) is 0 Å². The lowest BCUT2D eigenvalue weighted by Gasteiger charge is -2.12. The van der Waals surface area contributed by atoms with Gasteiger partial charge in [-0.05, 0) is 53.4 Å². The number of hydrogen-bond acceptors (Lipinski definition) is 2. The van der Waals surface area contributed by atoms with Crippen LogP contribution >= 0.6 is 31.9 Å². The maximum absolute atomic E-state index is 5.42. The Labute approximate surface area is 127 Å². The molecule has 0 aromatic heterocycles. The van der Waals surface area contributed by atoms with E-state index in [2.05, 4.69) is 57.1 Å². The van der Waals surface area contributed by atoms with Gasteiger partial charge in [0.1, 0.15) is 5.75 Å². The zero-order valence-corrected chi connectivity index (χ0v) is 14.4. The normalized spacial score (nSPS) is 11.0. The fourth-order valence-electron chi connectivity index (χ4n) is 1.83. The topological polar surface area (TPSA) is 21.3 Å². The highest BCUT2D eigenvalue weighted by molar-refractivity contribution is 9.11. The van der Waals surface area contributed by atoms with E-state index in [1.54, 1.807) is 7.11 Å². The molecule has 0 atom stereocenters. The van der Waals surface area contributed by atoms with E-state index in [-0.39, 0.29) is 0 Å². The minimum absolute atomic E-state index is 0.779. The van der Waals surface area contributed by atoms with Crippen LogP contribution in [0, 0.1) is 5.92 Å². The molecule has 0 saturated heterocycles. The molecule has 0 fully saturated rings. The van der Waals surface area contributed by atoms with Crippen LogP contribution in [0.25, 0.3) is 0 Å². The van der Waals surface area contributed by atoms with Crippen LogP contribution in [0.2, 0.25) is 0 Å². The minimum Gasteiger partial charge on any atom is -0.495 e. The van der Waals surface area contributed by atoms with Crippen molar-refractivity contribution < 1.29 is 4.74 Å². The van der Waals surface area contributed by atoms with Crippen molar-refractivity contribution in [2.24, 2.45) is 5.92 Å². The number of benzene rings is 1. The van der Waals surface area contributed by atoms with Crippen LogP contribution in [0.3, 0.4) is 0 Å². The molecule has 102 valence electrons. The van der Waals surface area contributed by atoms with Crippen LogP contribution < -0.4 is 10.1 Å². The molecule has 0 spiro atoms. The van der Waals surface area contributed by atoms with Gasteiger partial charge in [0, 0.05) is 16.6 Å². The first-order valence-corrected chi connectivity index (χ1v) is 7.85. The zero-order valence-electron chi connectivity index (χ0n) is 11.2. The number of methoxy groups -OCH3 is 1. The Morgan fingerprint density at radius 2 is 2.00 bits per heavy atom. The van der Waals surface area contributed by atoms with E-state index in [4.69, 9.17) is 4.74 Å². The van der Waals surface area contributed by atoms with Crippen molar-refractivity contribution in [3.63, 3.8) is 0 Å². The molecule has 0 aliphatic rings. The molecule has 0 bridgehead atoms. The smallest absolute Gasteiger partial charge is 0.137 e. The zero-order chi connectivity index (χ0) is 13.5. The second kappa shape index (κ2) is 8.18. The average Bonchev–Trinajstić information content (AvgIpc) is 2.27. The van der Waals surface area contributed by atoms with Gasteiger partial charge in [-0.3, -0.25) is 0 Å². The Morgan fingerprint density at radius 1 is 1.28 bits per heavy atom. The van der Waals surface area contributed by atoms with E-state index < -0.39 is 0 Å². The second-order valence-electron chi connectivity index (χ2n) is 4.79. The number of rotatable bonds is 7. The highest BCUT2D eigenvalue weighted by Crippen LogP contribution is 2.32. The highest BCUT2D eigenvalue weighted by Gasteiger charge is 2.08. The summed E-state index contributed by atoms with van der Waals surface area (Å²) in [6.45, 7) is 6.40. The molecule has 1 N–H and O–H groups in total. The summed E-state index contributed by atoms with van der Waals surface area (Å²) in [6.07, 6.45) is 2.49. The highest BCUT2D eigenvalue weighted by atomic mass is 79.9. The molecule has 1 aromatic rings. The molecule has 4 heteroatoms. The van der Waals surface area contributed by atoms with Gasteiger partial charge >= 0.3 is 0 Å². The molecule has 0 heterocycles. The first-order valence-electron chi connectivity index (χ1n) is 6.27. The van der Waals surface area contributed by atoms with Crippen molar-refractivity contribution in [2.75, 3.05) is 13.7 Å². The molecular weight excluding hydrogens is 358 g/mol. The average molecular weight is 379 g/mol. The molecule has 18 heavy (non-hydrogen) atoms. The molecule has 2 nitrogen and oxygen atoms in total. The lowest BCUT2D eigenvalue weighted by Crippen LogP contribution is -2.16. The van der Waals surface area contributed by atoms with Crippen molar-refractivity contribution in [2.45, 2.75) is 33.2 Å². The van der Waals surface area contributed by atoms with Crippen LogP contribution in [-0.4, -0.2) is 13.7 Å². The Bertz CT molecular complexity index is 380. The predicted molar refractivity (Wildman–Crippen MR) is 84.2 cm³/mol. The molecule has 1 aromatic carbocycles. The van der Waals surface area contributed by atoms with E-state index in [9.17, 15) is 0 Å². The van der Waals surface area contributed by atoms with Gasteiger partial charge in [-0.1, -0.05) is 29.8 Å². The minimum atomic E-state index is 0.779. The molecule has 0 amide bonds. The lowest BCUT2D eigenvalue weighted by molar-refractivity contribution is 0.404. The van der Waals surface area contributed by atoms with Crippen molar-refractivity contribution in [1.82, 2.24) is 5.32 Å². The third-order valence-electron chi connectivity index (χ3n) is 2.74. The molecule has 0 unspecified atom stereocenters. The molecule has 0 radical (unpaired) electrons. The van der Waals surface area contributed by atoms with Crippen molar-refractivity contribution >= 4 is 31.9 Å². The van der Waals surface area contributed by atoms with Crippen LogP contribution in [-0.2, 0) is 6.54 Å². The Balaban J connectivity index is 2.51. The molecule has 0 saturated carbocycles. The van der Waals surface area contributed by atoms with Crippen LogP contribution in [0.1, 0.15) is 32.3 Å². The first kappa shape index (κ1) is 16.0. The van der Waals surface area contributed by atoms with E-state index in [1.165, 1.54) is 18.4 Å². The van der Waals surface area contributed by atoms with Gasteiger partial charge in [0.15, 0.2) is 0 Å². The lowest BCUT2D eigenvalue weighted by atomic mass is 10.1. The second-order valence-corrected chi connectivity index (χ2v) is 6.56. The first-order chi connectivity index (χ1) is 8.54. The summed E-state index contributed by atoms with van der Waals surface area (Å²) in [7, 11) is 1.70. The van der Waals surface area contributed by atoms with E-state index in [1.807, 2.05) is 6.07 Å². The maximum Gasteiger partial charge on any atom is 0.137 e. The Morgan fingerprint density at radius 3 is 2.61 bits per heavy atom. The number of halogens is 2. The summed E-state index contributed by atoms with van der Waals surface area (Å²) in [4.78, 5) is 0. The van der Waals surface area contributed by atoms with Crippen LogP contribution in [0.15, 0.2) is 21.1 Å². The fourth-order valence-corrected chi connectivity index (χ4v) is 3.31. The molecule has 1 rings (SSSR count). The molecule has 0 aliphatic heterocycles. The summed E-state index contributed by atoms with van der Waals surface area (Å²) < 4.78 is 7.47. The van der Waals surface area contributed by atoms with Gasteiger partial charge < -0.3 is 10.1 Å². The third kappa shape index (κ3) is 5.29. The monoisotopic (exact) mass is 377 g/mol. The van der Waals surface area contributed by atoms with Crippen molar-refractivity contribution in [3.05, 3.63) is 26.6 Å². The predicted octanol–water partition coefficient (Wildman–Crippen LogP) is 4.75. The largest absolute Gasteiger partial charge is 0.495 e. The van der Waals surface area contributed by atoms with Gasteiger partial charge in [0.05, 0.1) is 11.6 Å². The Kier molecular flexibility index (Phi) is 7.27. The quantitative estimate of drug-likeness (QED) is 0.691.